The van der Waals surface area contributed by atoms with Crippen molar-refractivity contribution in [2.24, 2.45) is 0 Å². The minimum absolute atomic E-state index is 0.0109. The number of anilines is 1. The summed E-state index contributed by atoms with van der Waals surface area (Å²) in [6.07, 6.45) is 1.29. The summed E-state index contributed by atoms with van der Waals surface area (Å²) >= 11 is 0. The maximum Gasteiger partial charge on any atom is 0.254 e. The molecule has 0 radical (unpaired) electrons. The van der Waals surface area contributed by atoms with Crippen LogP contribution in [0, 0.1) is 5.82 Å². The molecule has 0 aromatic heterocycles. The molecule has 1 aliphatic heterocycles. The van der Waals surface area contributed by atoms with Gasteiger partial charge < -0.3 is 15.5 Å². The number of nitrogens with zero attached hydrogens (tertiary/aromatic N) is 1. The predicted octanol–water partition coefficient (Wildman–Crippen LogP) is 1.29. The van der Waals surface area contributed by atoms with E-state index in [2.05, 4.69) is 10.6 Å². The van der Waals surface area contributed by atoms with Crippen molar-refractivity contribution in [3.8, 4) is 0 Å². The molecule has 114 valence electrons. The van der Waals surface area contributed by atoms with Crippen LogP contribution in [0.4, 0.5) is 10.1 Å². The second kappa shape index (κ2) is 6.67. The van der Waals surface area contributed by atoms with Crippen LogP contribution in [0.2, 0.25) is 0 Å². The molecule has 6 heteroatoms. The normalized spacial score (nSPS) is 16.1. The Morgan fingerprint density at radius 3 is 2.86 bits per heavy atom. The zero-order valence-corrected chi connectivity index (χ0v) is 12.3. The standard InChI is InChI=1S/C15H20FN3O2/c1-10(17-2)9-18-15(21)12-8-11(5-6-13(12)16)19-7-3-4-14(19)20/h5-6,8,10,17H,3-4,7,9H2,1-2H3,(H,18,21). The lowest BCUT2D eigenvalue weighted by Crippen LogP contribution is -2.37. The molecule has 21 heavy (non-hydrogen) atoms. The summed E-state index contributed by atoms with van der Waals surface area (Å²) in [4.78, 5) is 25.4. The van der Waals surface area contributed by atoms with Gasteiger partial charge >= 0.3 is 0 Å². The van der Waals surface area contributed by atoms with Crippen molar-refractivity contribution in [1.82, 2.24) is 10.6 Å². The Kier molecular flexibility index (Phi) is 4.90. The summed E-state index contributed by atoms with van der Waals surface area (Å²) in [6, 6.07) is 4.31. The van der Waals surface area contributed by atoms with Crippen molar-refractivity contribution in [2.45, 2.75) is 25.8 Å². The Hall–Kier alpha value is -1.95. The molecule has 0 aliphatic carbocycles. The number of amides is 2. The van der Waals surface area contributed by atoms with Crippen molar-refractivity contribution in [2.75, 3.05) is 25.0 Å². The first kappa shape index (κ1) is 15.4. The number of hydrogen-bond donors (Lipinski definition) is 2. The van der Waals surface area contributed by atoms with Gasteiger partial charge in [0.25, 0.3) is 5.91 Å². The van der Waals surface area contributed by atoms with Gasteiger partial charge in [0.05, 0.1) is 5.56 Å². The van der Waals surface area contributed by atoms with E-state index in [1.54, 1.807) is 11.9 Å². The lowest BCUT2D eigenvalue weighted by molar-refractivity contribution is -0.117. The van der Waals surface area contributed by atoms with Crippen LogP contribution in [-0.2, 0) is 4.79 Å². The van der Waals surface area contributed by atoms with Crippen LogP contribution in [0.25, 0.3) is 0 Å². The third-order valence-corrected chi connectivity index (χ3v) is 3.64. The summed E-state index contributed by atoms with van der Waals surface area (Å²) in [5, 5.41) is 5.66. The van der Waals surface area contributed by atoms with Gasteiger partial charge in [-0.05, 0) is 38.6 Å². The van der Waals surface area contributed by atoms with Gasteiger partial charge in [-0.25, -0.2) is 4.39 Å². The fraction of sp³-hybridized carbons (Fsp3) is 0.467. The SMILES string of the molecule is CNC(C)CNC(=O)c1cc(N2CCCC2=O)ccc1F. The van der Waals surface area contributed by atoms with Crippen molar-refractivity contribution < 1.29 is 14.0 Å². The highest BCUT2D eigenvalue weighted by Gasteiger charge is 2.23. The van der Waals surface area contributed by atoms with Crippen LogP contribution in [0.15, 0.2) is 18.2 Å². The molecule has 1 aromatic carbocycles. The van der Waals surface area contributed by atoms with Crippen LogP contribution in [0.1, 0.15) is 30.1 Å². The highest BCUT2D eigenvalue weighted by molar-refractivity contribution is 5.99. The second-order valence-corrected chi connectivity index (χ2v) is 5.21. The first-order valence-electron chi connectivity index (χ1n) is 7.08. The second-order valence-electron chi connectivity index (χ2n) is 5.21. The van der Waals surface area contributed by atoms with Gasteiger partial charge in [0.1, 0.15) is 5.82 Å². The zero-order chi connectivity index (χ0) is 15.4. The van der Waals surface area contributed by atoms with E-state index in [-0.39, 0.29) is 17.5 Å². The molecule has 1 atom stereocenters. The molecule has 1 aromatic rings. The summed E-state index contributed by atoms with van der Waals surface area (Å²) in [6.45, 7) is 2.93. The fourth-order valence-electron chi connectivity index (χ4n) is 2.22. The van der Waals surface area contributed by atoms with Gasteiger partial charge in [-0.15, -0.1) is 0 Å². The highest BCUT2D eigenvalue weighted by atomic mass is 19.1. The maximum absolute atomic E-state index is 13.8. The van der Waals surface area contributed by atoms with Crippen LogP contribution in [0.3, 0.4) is 0 Å². The van der Waals surface area contributed by atoms with Gasteiger partial charge in [-0.2, -0.15) is 0 Å². The Morgan fingerprint density at radius 2 is 2.24 bits per heavy atom. The van der Waals surface area contributed by atoms with E-state index in [0.29, 0.717) is 25.2 Å². The number of hydrogen-bond acceptors (Lipinski definition) is 3. The van der Waals surface area contributed by atoms with E-state index < -0.39 is 11.7 Å². The largest absolute Gasteiger partial charge is 0.350 e. The molecule has 1 fully saturated rings. The molecule has 0 spiro atoms. The van der Waals surface area contributed by atoms with Crippen LogP contribution < -0.4 is 15.5 Å². The number of carbonyl (C=O) groups excluding carboxylic acids is 2. The molecule has 0 bridgehead atoms. The fourth-order valence-corrected chi connectivity index (χ4v) is 2.22. The molecule has 1 aliphatic rings. The molecular formula is C15H20FN3O2. The quantitative estimate of drug-likeness (QED) is 0.860. The molecular weight excluding hydrogens is 273 g/mol. The molecule has 2 N–H and O–H groups in total. The van der Waals surface area contributed by atoms with Gasteiger partial charge in [0.15, 0.2) is 0 Å². The molecule has 1 unspecified atom stereocenters. The van der Waals surface area contributed by atoms with E-state index in [4.69, 9.17) is 0 Å². The number of nitrogens with one attached hydrogen (secondary N) is 2. The average molecular weight is 293 g/mol. The van der Waals surface area contributed by atoms with Crippen molar-refractivity contribution >= 4 is 17.5 Å². The van der Waals surface area contributed by atoms with Gasteiger partial charge in [0.2, 0.25) is 5.91 Å². The summed E-state index contributed by atoms with van der Waals surface area (Å²) in [5.41, 5.74) is 0.543. The molecule has 1 heterocycles. The molecule has 1 saturated heterocycles. The van der Waals surface area contributed by atoms with Gasteiger partial charge in [-0.3, -0.25) is 9.59 Å². The van der Waals surface area contributed by atoms with Crippen molar-refractivity contribution in [3.63, 3.8) is 0 Å². The lowest BCUT2D eigenvalue weighted by atomic mass is 10.1. The van der Waals surface area contributed by atoms with Gasteiger partial charge in [0, 0.05) is 31.2 Å². The highest BCUT2D eigenvalue weighted by Crippen LogP contribution is 2.23. The lowest BCUT2D eigenvalue weighted by Gasteiger charge is -2.17. The smallest absolute Gasteiger partial charge is 0.254 e. The van der Waals surface area contributed by atoms with E-state index in [0.717, 1.165) is 6.42 Å². The number of benzene rings is 1. The van der Waals surface area contributed by atoms with Gasteiger partial charge in [-0.1, -0.05) is 0 Å². The predicted molar refractivity (Wildman–Crippen MR) is 78.8 cm³/mol. The Labute approximate surface area is 123 Å². The molecule has 2 rings (SSSR count). The Morgan fingerprint density at radius 1 is 1.48 bits per heavy atom. The molecule has 5 nitrogen and oxygen atoms in total. The summed E-state index contributed by atoms with van der Waals surface area (Å²) in [5.74, 6) is -1.04. The Bertz CT molecular complexity index is 548. The molecule has 2 amide bonds. The zero-order valence-electron chi connectivity index (χ0n) is 12.3. The number of halogens is 1. The van der Waals surface area contributed by atoms with Crippen LogP contribution >= 0.6 is 0 Å². The van der Waals surface area contributed by atoms with E-state index in [1.165, 1.54) is 18.2 Å². The summed E-state index contributed by atoms with van der Waals surface area (Å²) in [7, 11) is 1.79. The van der Waals surface area contributed by atoms with E-state index >= 15 is 0 Å². The number of rotatable bonds is 5. The summed E-state index contributed by atoms with van der Waals surface area (Å²) < 4.78 is 13.8. The van der Waals surface area contributed by atoms with Crippen molar-refractivity contribution in [3.05, 3.63) is 29.6 Å². The average Bonchev–Trinajstić information content (AvgIpc) is 2.91. The monoisotopic (exact) mass is 293 g/mol. The van der Waals surface area contributed by atoms with E-state index in [1.807, 2.05) is 6.92 Å². The first-order chi connectivity index (χ1) is 10.0. The molecule has 0 saturated carbocycles. The van der Waals surface area contributed by atoms with Crippen LogP contribution in [-0.4, -0.2) is 38.0 Å². The first-order valence-corrected chi connectivity index (χ1v) is 7.08. The third-order valence-electron chi connectivity index (χ3n) is 3.64. The number of likely N-dealkylation sites (N-methyl/N-ethyl adjacent to an activating group) is 1. The third kappa shape index (κ3) is 3.58. The Balaban J connectivity index is 2.15. The maximum atomic E-state index is 13.8. The topological polar surface area (TPSA) is 61.4 Å². The van der Waals surface area contributed by atoms with E-state index in [9.17, 15) is 14.0 Å². The number of carbonyl (C=O) groups is 2. The minimum Gasteiger partial charge on any atom is -0.350 e. The van der Waals surface area contributed by atoms with Crippen LogP contribution in [0.5, 0.6) is 0 Å². The minimum atomic E-state index is -0.583. The van der Waals surface area contributed by atoms with Crippen molar-refractivity contribution in [1.29, 1.82) is 0 Å².